The minimum absolute atomic E-state index is 0.0215. The fourth-order valence-corrected chi connectivity index (χ4v) is 4.35. The molecular formula is C24H28N8O. The Labute approximate surface area is 191 Å². The number of aryl methyl sites for hydroxylation is 3. The Kier molecular flexibility index (Phi) is 5.77. The number of nitrogens with zero attached hydrogens (tertiary/aromatic N) is 7. The number of benzene rings is 2. The molecule has 0 spiro atoms. The summed E-state index contributed by atoms with van der Waals surface area (Å²) in [7, 11) is 0. The maximum atomic E-state index is 13.5. The molecule has 9 nitrogen and oxygen atoms in total. The van der Waals surface area contributed by atoms with E-state index in [2.05, 4.69) is 45.1 Å². The number of nitrogens with one attached hydrogen (secondary N) is 1. The van der Waals surface area contributed by atoms with Crippen molar-refractivity contribution in [3.05, 3.63) is 70.7 Å². The van der Waals surface area contributed by atoms with Crippen molar-refractivity contribution < 1.29 is 0 Å². The van der Waals surface area contributed by atoms with Crippen LogP contribution in [-0.2, 0) is 26.1 Å². The second-order valence-corrected chi connectivity index (χ2v) is 8.79. The molecule has 2 aromatic carbocycles. The zero-order chi connectivity index (χ0) is 22.8. The van der Waals surface area contributed by atoms with E-state index in [1.807, 2.05) is 51.6 Å². The van der Waals surface area contributed by atoms with E-state index in [1.54, 1.807) is 0 Å². The number of hydrogen-bond acceptors (Lipinski definition) is 5. The molecule has 0 aliphatic carbocycles. The van der Waals surface area contributed by atoms with E-state index in [-0.39, 0.29) is 5.69 Å². The van der Waals surface area contributed by atoms with E-state index in [0.29, 0.717) is 31.3 Å². The molecule has 0 aliphatic rings. The second-order valence-electron chi connectivity index (χ2n) is 8.79. The molecule has 0 amide bonds. The smallest absolute Gasteiger partial charge is 0.326 e. The third-order valence-corrected chi connectivity index (χ3v) is 6.06. The molecule has 0 atom stereocenters. The van der Waals surface area contributed by atoms with Gasteiger partial charge in [0.05, 0.1) is 28.6 Å². The summed E-state index contributed by atoms with van der Waals surface area (Å²) < 4.78 is 5.96. The van der Waals surface area contributed by atoms with Crippen molar-refractivity contribution in [2.75, 3.05) is 0 Å². The Hall–Kier alpha value is -3.75. The molecule has 0 bridgehead atoms. The van der Waals surface area contributed by atoms with Crippen molar-refractivity contribution in [3.63, 3.8) is 0 Å². The van der Waals surface area contributed by atoms with E-state index >= 15 is 0 Å². The zero-order valence-electron chi connectivity index (χ0n) is 19.0. The number of para-hydroxylation sites is 4. The molecule has 1 N–H and O–H groups in total. The van der Waals surface area contributed by atoms with Crippen LogP contribution < -0.4 is 5.69 Å². The van der Waals surface area contributed by atoms with Crippen LogP contribution in [0.3, 0.4) is 0 Å². The fraction of sp³-hybridized carbons (Fsp3) is 0.375. The molecule has 0 unspecified atom stereocenters. The highest BCUT2D eigenvalue weighted by Crippen LogP contribution is 2.20. The van der Waals surface area contributed by atoms with Gasteiger partial charge in [0, 0.05) is 19.5 Å². The first-order valence-electron chi connectivity index (χ1n) is 11.5. The van der Waals surface area contributed by atoms with Crippen LogP contribution >= 0.6 is 0 Å². The number of tetrazole rings is 1. The second kappa shape index (κ2) is 9.01. The van der Waals surface area contributed by atoms with Crippen LogP contribution in [0.25, 0.3) is 22.1 Å². The lowest BCUT2D eigenvalue weighted by Crippen LogP contribution is -2.26. The van der Waals surface area contributed by atoms with Crippen molar-refractivity contribution in [2.24, 2.45) is 5.92 Å². The minimum Gasteiger partial charge on any atom is -0.326 e. The zero-order valence-corrected chi connectivity index (χ0v) is 19.0. The summed E-state index contributed by atoms with van der Waals surface area (Å²) in [6.45, 7) is 6.36. The van der Waals surface area contributed by atoms with Crippen molar-refractivity contribution >= 4 is 22.1 Å². The third-order valence-electron chi connectivity index (χ3n) is 6.06. The van der Waals surface area contributed by atoms with Crippen LogP contribution in [0, 0.1) is 5.92 Å². The van der Waals surface area contributed by atoms with Crippen molar-refractivity contribution in [1.29, 1.82) is 0 Å². The molecule has 0 fully saturated rings. The van der Waals surface area contributed by atoms with Crippen LogP contribution in [0.5, 0.6) is 0 Å². The normalized spacial score (nSPS) is 11.8. The van der Waals surface area contributed by atoms with Crippen molar-refractivity contribution in [3.8, 4) is 0 Å². The maximum absolute atomic E-state index is 13.5. The average molecular weight is 445 g/mol. The van der Waals surface area contributed by atoms with E-state index in [9.17, 15) is 4.79 Å². The predicted molar refractivity (Wildman–Crippen MR) is 127 cm³/mol. The number of rotatable bonds is 9. The van der Waals surface area contributed by atoms with E-state index in [1.165, 1.54) is 0 Å². The predicted octanol–water partition coefficient (Wildman–Crippen LogP) is 3.39. The summed E-state index contributed by atoms with van der Waals surface area (Å²) >= 11 is 0. The molecular weight excluding hydrogens is 416 g/mol. The van der Waals surface area contributed by atoms with Crippen LogP contribution in [-0.4, -0.2) is 39.3 Å². The van der Waals surface area contributed by atoms with Crippen LogP contribution in [0.4, 0.5) is 0 Å². The molecule has 3 heterocycles. The van der Waals surface area contributed by atoms with Gasteiger partial charge in [-0.2, -0.15) is 5.21 Å². The monoisotopic (exact) mass is 444 g/mol. The number of aromatic amines is 1. The summed E-state index contributed by atoms with van der Waals surface area (Å²) in [5, 5.41) is 14.1. The lowest BCUT2D eigenvalue weighted by Gasteiger charge is -2.11. The van der Waals surface area contributed by atoms with Gasteiger partial charge in [-0.3, -0.25) is 9.13 Å². The molecule has 9 heteroatoms. The van der Waals surface area contributed by atoms with Crippen LogP contribution in [0.1, 0.15) is 38.3 Å². The van der Waals surface area contributed by atoms with Gasteiger partial charge in [-0.15, -0.1) is 10.2 Å². The fourth-order valence-electron chi connectivity index (χ4n) is 4.35. The summed E-state index contributed by atoms with van der Waals surface area (Å²) in [6, 6.07) is 16.2. The quantitative estimate of drug-likeness (QED) is 0.376. The first-order chi connectivity index (χ1) is 16.1. The highest BCUT2D eigenvalue weighted by Gasteiger charge is 2.17. The molecule has 5 aromatic rings. The van der Waals surface area contributed by atoms with Gasteiger partial charge < -0.3 is 4.57 Å². The number of imidazole rings is 2. The standard InChI is InChI=1S/C24H28N8O/c1-17(2)13-15-30-19-9-4-3-8-18(19)25-23(30)16-32-21-11-6-5-10-20(21)31(24(32)33)14-7-12-22-26-28-29-27-22/h3-6,8-11,17H,7,12-16H2,1-2H3,(H,26,27,28,29). The van der Waals surface area contributed by atoms with Gasteiger partial charge in [0.25, 0.3) is 0 Å². The molecule has 3 aromatic heterocycles. The van der Waals surface area contributed by atoms with Gasteiger partial charge in [0.2, 0.25) is 0 Å². The van der Waals surface area contributed by atoms with Crippen LogP contribution in [0.15, 0.2) is 53.3 Å². The average Bonchev–Trinajstić information content (AvgIpc) is 3.51. The Balaban J connectivity index is 1.50. The van der Waals surface area contributed by atoms with Gasteiger partial charge in [0.1, 0.15) is 5.82 Å². The summed E-state index contributed by atoms with van der Waals surface area (Å²) in [4.78, 5) is 18.4. The first-order valence-corrected chi connectivity index (χ1v) is 11.5. The van der Waals surface area contributed by atoms with Crippen molar-refractivity contribution in [2.45, 2.75) is 52.7 Å². The maximum Gasteiger partial charge on any atom is 0.329 e. The SMILES string of the molecule is CC(C)CCn1c(Cn2c(=O)n(CCCc3nn[nH]n3)c3ccccc32)nc2ccccc21. The summed E-state index contributed by atoms with van der Waals surface area (Å²) in [5.41, 5.74) is 3.91. The van der Waals surface area contributed by atoms with Gasteiger partial charge in [-0.25, -0.2) is 9.78 Å². The molecule has 0 radical (unpaired) electrons. The molecule has 5 rings (SSSR count). The lowest BCUT2D eigenvalue weighted by molar-refractivity contribution is 0.506. The van der Waals surface area contributed by atoms with E-state index in [4.69, 9.17) is 4.98 Å². The molecule has 0 saturated carbocycles. The van der Waals surface area contributed by atoms with E-state index in [0.717, 1.165) is 47.3 Å². The third kappa shape index (κ3) is 4.18. The number of aromatic nitrogens is 8. The minimum atomic E-state index is -0.0215. The van der Waals surface area contributed by atoms with Crippen molar-refractivity contribution in [1.82, 2.24) is 39.3 Å². The number of hydrogen-bond donors (Lipinski definition) is 1. The highest BCUT2D eigenvalue weighted by molar-refractivity contribution is 5.77. The number of H-pyrrole nitrogens is 1. The molecule has 0 saturated heterocycles. The van der Waals surface area contributed by atoms with Gasteiger partial charge in [0.15, 0.2) is 5.82 Å². The Bertz CT molecular complexity index is 1420. The van der Waals surface area contributed by atoms with Gasteiger partial charge >= 0.3 is 5.69 Å². The summed E-state index contributed by atoms with van der Waals surface area (Å²) in [5.74, 6) is 2.15. The topological polar surface area (TPSA) is 99.2 Å². The van der Waals surface area contributed by atoms with E-state index < -0.39 is 0 Å². The lowest BCUT2D eigenvalue weighted by atomic mass is 10.1. The van der Waals surface area contributed by atoms with Gasteiger partial charge in [-0.1, -0.05) is 43.3 Å². The Morgan fingerprint density at radius 3 is 2.36 bits per heavy atom. The summed E-state index contributed by atoms with van der Waals surface area (Å²) in [6.07, 6.45) is 2.47. The largest absolute Gasteiger partial charge is 0.329 e. The molecule has 170 valence electrons. The molecule has 0 aliphatic heterocycles. The highest BCUT2D eigenvalue weighted by atomic mass is 16.1. The Morgan fingerprint density at radius 1 is 0.909 bits per heavy atom. The first kappa shape index (κ1) is 21.1. The van der Waals surface area contributed by atoms with Gasteiger partial charge in [-0.05, 0) is 43.0 Å². The Morgan fingerprint density at radius 2 is 1.64 bits per heavy atom. The number of fused-ring (bicyclic) bond motifs is 2. The van der Waals surface area contributed by atoms with Crippen LogP contribution in [0.2, 0.25) is 0 Å². The molecule has 33 heavy (non-hydrogen) atoms.